The first-order chi connectivity index (χ1) is 23.3. The first kappa shape index (κ1) is 26.1. The van der Waals surface area contributed by atoms with Gasteiger partial charge in [-0.2, -0.15) is 9.97 Å². The molecule has 6 heteroatoms. The number of hydrogen-bond donors (Lipinski definition) is 0. The maximum absolute atomic E-state index is 6.88. The third kappa shape index (κ3) is 3.98. The molecule has 0 aliphatic carbocycles. The molecule has 1 aliphatic heterocycles. The molecule has 1 aliphatic rings. The van der Waals surface area contributed by atoms with E-state index in [2.05, 4.69) is 77.7 Å². The predicted octanol–water partition coefficient (Wildman–Crippen LogP) is 11.4. The SMILES string of the molecule is c1ccc(-c2nc(-c3ccccc3)nc(N3c4ccc5ccccc5c4-c4sc5ccccc5c4-c4oc5ccccc5c43)n2)cc1. The van der Waals surface area contributed by atoms with Crippen LogP contribution >= 0.6 is 11.3 Å². The quantitative estimate of drug-likeness (QED) is 0.197. The summed E-state index contributed by atoms with van der Waals surface area (Å²) >= 11 is 1.80. The normalized spacial score (nSPS) is 12.2. The van der Waals surface area contributed by atoms with E-state index in [9.17, 15) is 0 Å². The highest BCUT2D eigenvalue weighted by Gasteiger charge is 2.36. The molecular formula is C41H24N4OS. The highest BCUT2D eigenvalue weighted by Crippen LogP contribution is 2.59. The minimum absolute atomic E-state index is 0.529. The Morgan fingerprint density at radius 2 is 1.13 bits per heavy atom. The maximum atomic E-state index is 6.88. The molecule has 0 atom stereocenters. The predicted molar refractivity (Wildman–Crippen MR) is 192 cm³/mol. The van der Waals surface area contributed by atoms with Gasteiger partial charge in [-0.3, -0.25) is 4.90 Å². The summed E-state index contributed by atoms with van der Waals surface area (Å²) in [4.78, 5) is 18.8. The van der Waals surface area contributed by atoms with E-state index in [1.165, 1.54) is 20.3 Å². The number of rotatable bonds is 3. The molecule has 5 nitrogen and oxygen atoms in total. The van der Waals surface area contributed by atoms with Gasteiger partial charge in [-0.25, -0.2) is 4.98 Å². The van der Waals surface area contributed by atoms with Crippen LogP contribution in [0.5, 0.6) is 0 Å². The van der Waals surface area contributed by atoms with Crippen molar-refractivity contribution < 1.29 is 4.42 Å². The van der Waals surface area contributed by atoms with Gasteiger partial charge in [-0.1, -0.05) is 121 Å². The average Bonchev–Trinajstić information content (AvgIpc) is 3.67. The van der Waals surface area contributed by atoms with E-state index < -0.39 is 0 Å². The largest absolute Gasteiger partial charge is 0.454 e. The molecule has 0 unspecified atom stereocenters. The number of aromatic nitrogens is 3. The molecule has 0 N–H and O–H groups in total. The number of fused-ring (bicyclic) bond motifs is 11. The lowest BCUT2D eigenvalue weighted by atomic mass is 9.98. The average molecular weight is 621 g/mol. The zero-order valence-corrected chi connectivity index (χ0v) is 25.8. The van der Waals surface area contributed by atoms with Crippen LogP contribution in [0.25, 0.3) is 76.4 Å². The second-order valence-electron chi connectivity index (χ2n) is 11.6. The summed E-state index contributed by atoms with van der Waals surface area (Å²) in [5, 5.41) is 4.49. The summed E-state index contributed by atoms with van der Waals surface area (Å²) in [6, 6.07) is 50.1. The Hall–Kier alpha value is -6.11. The first-order valence-corrected chi connectivity index (χ1v) is 16.4. The number of hydrogen-bond acceptors (Lipinski definition) is 6. The second-order valence-corrected chi connectivity index (χ2v) is 12.7. The van der Waals surface area contributed by atoms with Crippen molar-refractivity contribution in [1.29, 1.82) is 0 Å². The van der Waals surface area contributed by atoms with Gasteiger partial charge >= 0.3 is 0 Å². The van der Waals surface area contributed by atoms with Gasteiger partial charge in [0.15, 0.2) is 17.4 Å². The molecule has 0 radical (unpaired) electrons. The third-order valence-electron chi connectivity index (χ3n) is 8.88. The summed E-state index contributed by atoms with van der Waals surface area (Å²) < 4.78 is 8.10. The minimum atomic E-state index is 0.529. The monoisotopic (exact) mass is 620 g/mol. The Labute approximate surface area is 274 Å². The first-order valence-electron chi connectivity index (χ1n) is 15.5. The van der Waals surface area contributed by atoms with Crippen LogP contribution < -0.4 is 4.90 Å². The van der Waals surface area contributed by atoms with Crippen LogP contribution in [0, 0.1) is 0 Å². The van der Waals surface area contributed by atoms with Crippen molar-refractivity contribution in [3.05, 3.63) is 146 Å². The molecule has 0 fully saturated rings. The summed E-state index contributed by atoms with van der Waals surface area (Å²) in [6.07, 6.45) is 0. The lowest BCUT2D eigenvalue weighted by Gasteiger charge is -2.25. The zero-order chi connectivity index (χ0) is 30.9. The summed E-state index contributed by atoms with van der Waals surface area (Å²) in [7, 11) is 0. The fraction of sp³-hybridized carbons (Fsp3) is 0. The van der Waals surface area contributed by atoms with Crippen molar-refractivity contribution in [1.82, 2.24) is 15.0 Å². The Morgan fingerprint density at radius 3 is 1.87 bits per heavy atom. The smallest absolute Gasteiger partial charge is 0.238 e. The highest BCUT2D eigenvalue weighted by atomic mass is 32.1. The fourth-order valence-electron chi connectivity index (χ4n) is 6.78. The molecule has 4 heterocycles. The van der Waals surface area contributed by atoms with Crippen molar-refractivity contribution in [2.24, 2.45) is 0 Å². The molecule has 0 spiro atoms. The van der Waals surface area contributed by atoms with Gasteiger partial charge in [0.25, 0.3) is 0 Å². The summed E-state index contributed by atoms with van der Waals surface area (Å²) in [5.74, 6) is 2.55. The number of furan rings is 1. The van der Waals surface area contributed by atoms with Crippen LogP contribution in [-0.2, 0) is 0 Å². The molecule has 0 saturated carbocycles. The van der Waals surface area contributed by atoms with Crippen molar-refractivity contribution in [2.75, 3.05) is 4.90 Å². The van der Waals surface area contributed by atoms with Gasteiger partial charge < -0.3 is 4.42 Å². The molecule has 0 saturated heterocycles. The zero-order valence-electron chi connectivity index (χ0n) is 25.0. The topological polar surface area (TPSA) is 55.1 Å². The van der Waals surface area contributed by atoms with Crippen molar-refractivity contribution >= 4 is 60.5 Å². The van der Waals surface area contributed by atoms with Crippen LogP contribution in [0.2, 0.25) is 0 Å². The van der Waals surface area contributed by atoms with Gasteiger partial charge in [0, 0.05) is 42.6 Å². The van der Waals surface area contributed by atoms with E-state index in [1.807, 2.05) is 72.8 Å². The third-order valence-corrected chi connectivity index (χ3v) is 10.1. The molecule has 47 heavy (non-hydrogen) atoms. The maximum Gasteiger partial charge on any atom is 0.238 e. The molecule has 0 amide bonds. The van der Waals surface area contributed by atoms with Gasteiger partial charge in [0.05, 0.1) is 5.69 Å². The van der Waals surface area contributed by atoms with Crippen LogP contribution in [0.1, 0.15) is 0 Å². The second kappa shape index (κ2) is 10.2. The van der Waals surface area contributed by atoms with Crippen LogP contribution in [0.4, 0.5) is 17.3 Å². The number of thiophene rings is 1. The van der Waals surface area contributed by atoms with Gasteiger partial charge in [0.1, 0.15) is 11.3 Å². The Balaban J connectivity index is 1.38. The highest BCUT2D eigenvalue weighted by molar-refractivity contribution is 7.23. The molecule has 10 rings (SSSR count). The summed E-state index contributed by atoms with van der Waals surface area (Å²) in [6.45, 7) is 0. The molecule has 3 aromatic heterocycles. The van der Waals surface area contributed by atoms with Crippen LogP contribution in [0.15, 0.2) is 150 Å². The van der Waals surface area contributed by atoms with Crippen LogP contribution in [0.3, 0.4) is 0 Å². The minimum Gasteiger partial charge on any atom is -0.454 e. The number of benzene rings is 6. The summed E-state index contributed by atoms with van der Waals surface area (Å²) in [5.41, 5.74) is 6.80. The van der Waals surface area contributed by atoms with Crippen molar-refractivity contribution in [2.45, 2.75) is 0 Å². The molecule has 6 aromatic carbocycles. The Bertz CT molecular complexity index is 2590. The van der Waals surface area contributed by atoms with E-state index in [4.69, 9.17) is 19.4 Å². The van der Waals surface area contributed by atoms with E-state index in [0.717, 1.165) is 55.7 Å². The lowest BCUT2D eigenvalue weighted by molar-refractivity contribution is 0.633. The van der Waals surface area contributed by atoms with E-state index in [0.29, 0.717) is 17.6 Å². The van der Waals surface area contributed by atoms with Crippen molar-refractivity contribution in [3.63, 3.8) is 0 Å². The number of para-hydroxylation sites is 1. The fourth-order valence-corrected chi connectivity index (χ4v) is 8.05. The lowest BCUT2D eigenvalue weighted by Crippen LogP contribution is -2.15. The van der Waals surface area contributed by atoms with Crippen molar-refractivity contribution in [3.8, 4) is 44.5 Å². The van der Waals surface area contributed by atoms with E-state index >= 15 is 0 Å². The van der Waals surface area contributed by atoms with E-state index in [-0.39, 0.29) is 0 Å². The Kier molecular flexibility index (Phi) is 5.68. The van der Waals surface area contributed by atoms with Gasteiger partial charge in [-0.05, 0) is 35.0 Å². The molecule has 220 valence electrons. The molecule has 0 bridgehead atoms. The van der Waals surface area contributed by atoms with Gasteiger partial charge in [0.2, 0.25) is 5.95 Å². The molecular weight excluding hydrogens is 597 g/mol. The van der Waals surface area contributed by atoms with E-state index in [1.54, 1.807) is 11.3 Å². The standard InChI is InChI=1S/C41H24N4OS/c1-3-14-26(15-4-1)39-42-40(27-16-5-2-6-17-27)44-41(43-39)45-31-24-23-25-13-7-8-18-28(25)34(31)38-35(30-20-10-12-22-33(30)47-38)37-36(45)29-19-9-11-21-32(29)46-37/h1-24H. The number of anilines is 3. The number of nitrogens with zero attached hydrogens (tertiary/aromatic N) is 4. The van der Waals surface area contributed by atoms with Gasteiger partial charge in [-0.15, -0.1) is 11.3 Å². The van der Waals surface area contributed by atoms with Crippen LogP contribution in [-0.4, -0.2) is 15.0 Å². The Morgan fingerprint density at radius 1 is 0.511 bits per heavy atom. The molecule has 9 aromatic rings.